The first-order chi connectivity index (χ1) is 10.1. The van der Waals surface area contributed by atoms with Gasteiger partial charge in [0, 0.05) is 5.02 Å². The lowest BCUT2D eigenvalue weighted by Crippen LogP contribution is -2.28. The molecule has 0 amide bonds. The van der Waals surface area contributed by atoms with Crippen molar-refractivity contribution in [3.05, 3.63) is 34.9 Å². The van der Waals surface area contributed by atoms with E-state index >= 15 is 0 Å². The van der Waals surface area contributed by atoms with E-state index in [0.717, 1.165) is 36.4 Å². The largest absolute Gasteiger partial charge is 0.316 e. The van der Waals surface area contributed by atoms with E-state index < -0.39 is 0 Å². The fourth-order valence-electron chi connectivity index (χ4n) is 3.51. The molecule has 2 heteroatoms. The Morgan fingerprint density at radius 2 is 1.86 bits per heavy atom. The minimum absolute atomic E-state index is 0.715. The quantitative estimate of drug-likeness (QED) is 0.685. The van der Waals surface area contributed by atoms with E-state index in [1.54, 1.807) is 0 Å². The third kappa shape index (κ3) is 6.00. The molecule has 0 bridgehead atoms. The first-order valence-corrected chi connectivity index (χ1v) is 8.97. The molecule has 0 heterocycles. The Bertz CT molecular complexity index is 410. The zero-order valence-electron chi connectivity index (χ0n) is 13.6. The standard InChI is InChI=1S/C19H30ClN/c1-15(2)13-21-14-17(11-16-7-3-4-8-16)12-18-9-5-6-10-19(18)20/h5-6,9-10,15-17,21H,3-4,7-8,11-14H2,1-2H3. The third-order valence-electron chi connectivity index (χ3n) is 4.59. The molecule has 0 aliphatic heterocycles. The van der Waals surface area contributed by atoms with Gasteiger partial charge in [0.1, 0.15) is 0 Å². The number of benzene rings is 1. The summed E-state index contributed by atoms with van der Waals surface area (Å²) >= 11 is 6.35. The Labute approximate surface area is 135 Å². The molecule has 1 aromatic rings. The summed E-state index contributed by atoms with van der Waals surface area (Å²) in [5.41, 5.74) is 1.31. The van der Waals surface area contributed by atoms with Gasteiger partial charge >= 0.3 is 0 Å². The maximum absolute atomic E-state index is 6.35. The summed E-state index contributed by atoms with van der Waals surface area (Å²) in [5, 5.41) is 4.58. The van der Waals surface area contributed by atoms with Gasteiger partial charge < -0.3 is 5.32 Å². The lowest BCUT2D eigenvalue weighted by atomic mass is 9.88. The van der Waals surface area contributed by atoms with Crippen LogP contribution in [0.2, 0.25) is 5.02 Å². The highest BCUT2D eigenvalue weighted by Gasteiger charge is 2.21. The molecule has 0 aromatic heterocycles. The van der Waals surface area contributed by atoms with Gasteiger partial charge in [0.2, 0.25) is 0 Å². The smallest absolute Gasteiger partial charge is 0.0438 e. The summed E-state index contributed by atoms with van der Waals surface area (Å²) in [6.45, 7) is 6.78. The molecule has 1 unspecified atom stereocenters. The molecule has 0 saturated heterocycles. The Kier molecular flexibility index (Phi) is 7.06. The number of hydrogen-bond donors (Lipinski definition) is 1. The molecule has 1 aliphatic carbocycles. The molecule has 1 aromatic carbocycles. The highest BCUT2D eigenvalue weighted by molar-refractivity contribution is 6.31. The number of hydrogen-bond acceptors (Lipinski definition) is 1. The Morgan fingerprint density at radius 1 is 1.14 bits per heavy atom. The van der Waals surface area contributed by atoms with E-state index in [0.29, 0.717) is 5.92 Å². The summed E-state index contributed by atoms with van der Waals surface area (Å²) in [5.74, 6) is 2.38. The molecule has 118 valence electrons. The van der Waals surface area contributed by atoms with Gasteiger partial charge in [-0.2, -0.15) is 0 Å². The van der Waals surface area contributed by atoms with Crippen LogP contribution in [-0.2, 0) is 6.42 Å². The first kappa shape index (κ1) is 16.8. The van der Waals surface area contributed by atoms with Crippen molar-refractivity contribution >= 4 is 11.6 Å². The SMILES string of the molecule is CC(C)CNCC(Cc1ccccc1Cl)CC1CCCC1. The summed E-state index contributed by atoms with van der Waals surface area (Å²) in [6.07, 6.45) is 8.20. The average Bonchev–Trinajstić information content (AvgIpc) is 2.93. The van der Waals surface area contributed by atoms with E-state index in [4.69, 9.17) is 11.6 Å². The maximum atomic E-state index is 6.35. The molecule has 1 nitrogen and oxygen atoms in total. The molecule has 2 rings (SSSR count). The predicted molar refractivity (Wildman–Crippen MR) is 92.9 cm³/mol. The molecule has 0 radical (unpaired) electrons. The van der Waals surface area contributed by atoms with Crippen LogP contribution in [0.15, 0.2) is 24.3 Å². The molecule has 1 N–H and O–H groups in total. The van der Waals surface area contributed by atoms with Crippen LogP contribution >= 0.6 is 11.6 Å². The minimum atomic E-state index is 0.715. The van der Waals surface area contributed by atoms with E-state index in [1.807, 2.05) is 12.1 Å². The average molecular weight is 308 g/mol. The van der Waals surface area contributed by atoms with Crippen molar-refractivity contribution in [3.8, 4) is 0 Å². The van der Waals surface area contributed by atoms with Gasteiger partial charge in [0.15, 0.2) is 0 Å². The lowest BCUT2D eigenvalue weighted by molar-refractivity contribution is 0.351. The molecule has 1 fully saturated rings. The maximum Gasteiger partial charge on any atom is 0.0438 e. The fraction of sp³-hybridized carbons (Fsp3) is 0.684. The van der Waals surface area contributed by atoms with Crippen LogP contribution in [0.4, 0.5) is 0 Å². The second kappa shape index (κ2) is 8.80. The van der Waals surface area contributed by atoms with Crippen molar-refractivity contribution in [1.29, 1.82) is 0 Å². The van der Waals surface area contributed by atoms with Crippen molar-refractivity contribution in [2.24, 2.45) is 17.8 Å². The monoisotopic (exact) mass is 307 g/mol. The van der Waals surface area contributed by atoms with Crippen LogP contribution < -0.4 is 5.32 Å². The van der Waals surface area contributed by atoms with Crippen molar-refractivity contribution in [2.75, 3.05) is 13.1 Å². The van der Waals surface area contributed by atoms with Gasteiger partial charge in [-0.1, -0.05) is 69.3 Å². The van der Waals surface area contributed by atoms with E-state index in [-0.39, 0.29) is 0 Å². The van der Waals surface area contributed by atoms with Crippen LogP contribution in [0.3, 0.4) is 0 Å². The molecular formula is C19H30ClN. The van der Waals surface area contributed by atoms with Gasteiger partial charge in [0.25, 0.3) is 0 Å². The topological polar surface area (TPSA) is 12.0 Å². The minimum Gasteiger partial charge on any atom is -0.316 e. The lowest BCUT2D eigenvalue weighted by Gasteiger charge is -2.22. The van der Waals surface area contributed by atoms with Crippen LogP contribution in [0, 0.1) is 17.8 Å². The van der Waals surface area contributed by atoms with Gasteiger partial charge in [-0.15, -0.1) is 0 Å². The second-order valence-electron chi connectivity index (χ2n) is 7.10. The zero-order valence-corrected chi connectivity index (χ0v) is 14.3. The van der Waals surface area contributed by atoms with Gasteiger partial charge in [-0.25, -0.2) is 0 Å². The number of halogens is 1. The normalized spacial score (nSPS) is 17.5. The van der Waals surface area contributed by atoms with Gasteiger partial charge in [-0.3, -0.25) is 0 Å². The first-order valence-electron chi connectivity index (χ1n) is 8.59. The van der Waals surface area contributed by atoms with E-state index in [2.05, 4.69) is 31.3 Å². The predicted octanol–water partition coefficient (Wildman–Crippen LogP) is 5.32. The van der Waals surface area contributed by atoms with Gasteiger partial charge in [0.05, 0.1) is 0 Å². The van der Waals surface area contributed by atoms with Crippen molar-refractivity contribution in [2.45, 2.75) is 52.4 Å². The Morgan fingerprint density at radius 3 is 2.52 bits per heavy atom. The third-order valence-corrected chi connectivity index (χ3v) is 4.96. The Balaban J connectivity index is 1.91. The molecule has 0 spiro atoms. The summed E-state index contributed by atoms with van der Waals surface area (Å²) in [6, 6.07) is 8.34. The highest BCUT2D eigenvalue weighted by Crippen LogP contribution is 2.32. The van der Waals surface area contributed by atoms with Crippen molar-refractivity contribution < 1.29 is 0 Å². The summed E-state index contributed by atoms with van der Waals surface area (Å²) < 4.78 is 0. The Hall–Kier alpha value is -0.530. The highest BCUT2D eigenvalue weighted by atomic mass is 35.5. The van der Waals surface area contributed by atoms with Crippen LogP contribution in [0.1, 0.15) is 51.5 Å². The van der Waals surface area contributed by atoms with Gasteiger partial charge in [-0.05, 0) is 55.3 Å². The summed E-state index contributed by atoms with van der Waals surface area (Å²) in [7, 11) is 0. The molecule has 21 heavy (non-hydrogen) atoms. The van der Waals surface area contributed by atoms with E-state index in [1.165, 1.54) is 37.7 Å². The molecule has 1 saturated carbocycles. The number of rotatable bonds is 8. The second-order valence-corrected chi connectivity index (χ2v) is 7.51. The fourth-order valence-corrected chi connectivity index (χ4v) is 3.72. The van der Waals surface area contributed by atoms with Crippen LogP contribution in [0.25, 0.3) is 0 Å². The molecule has 1 atom stereocenters. The molecular weight excluding hydrogens is 278 g/mol. The van der Waals surface area contributed by atoms with Crippen LogP contribution in [-0.4, -0.2) is 13.1 Å². The zero-order chi connectivity index (χ0) is 15.1. The summed E-state index contributed by atoms with van der Waals surface area (Å²) in [4.78, 5) is 0. The van der Waals surface area contributed by atoms with Crippen molar-refractivity contribution in [3.63, 3.8) is 0 Å². The van der Waals surface area contributed by atoms with Crippen molar-refractivity contribution in [1.82, 2.24) is 5.32 Å². The van der Waals surface area contributed by atoms with E-state index in [9.17, 15) is 0 Å². The number of nitrogens with one attached hydrogen (secondary N) is 1. The van der Waals surface area contributed by atoms with Crippen LogP contribution in [0.5, 0.6) is 0 Å². The molecule has 1 aliphatic rings.